The molecular formula is C19H31N5O2. The number of nitrogens with zero attached hydrogens (tertiary/aromatic N) is 4. The SMILES string of the molecule is CCCOc1ccc(CNC(=NC)N2CCC(N3CCOCC3)C2)cn1. The summed E-state index contributed by atoms with van der Waals surface area (Å²) in [7, 11) is 1.85. The predicted octanol–water partition coefficient (Wildman–Crippen LogP) is 1.35. The molecule has 26 heavy (non-hydrogen) atoms. The lowest BCUT2D eigenvalue weighted by Crippen LogP contribution is -2.46. The van der Waals surface area contributed by atoms with Gasteiger partial charge in [-0.2, -0.15) is 0 Å². The second-order valence-corrected chi connectivity index (χ2v) is 6.79. The zero-order valence-electron chi connectivity index (χ0n) is 16.0. The normalized spacial score (nSPS) is 21.8. The van der Waals surface area contributed by atoms with Crippen LogP contribution in [0.15, 0.2) is 23.3 Å². The molecule has 1 aromatic heterocycles. The number of pyridine rings is 1. The molecule has 2 fully saturated rings. The third-order valence-corrected chi connectivity index (χ3v) is 4.94. The van der Waals surface area contributed by atoms with Crippen LogP contribution in [0.2, 0.25) is 0 Å². The van der Waals surface area contributed by atoms with E-state index in [-0.39, 0.29) is 0 Å². The number of morpholine rings is 1. The first-order chi connectivity index (χ1) is 12.8. The van der Waals surface area contributed by atoms with E-state index in [9.17, 15) is 0 Å². The molecule has 2 aliphatic rings. The number of ether oxygens (including phenoxy) is 2. The van der Waals surface area contributed by atoms with Crippen LogP contribution in [0.4, 0.5) is 0 Å². The van der Waals surface area contributed by atoms with E-state index in [1.165, 1.54) is 6.42 Å². The molecule has 1 N–H and O–H groups in total. The van der Waals surface area contributed by atoms with Crippen molar-refractivity contribution in [1.82, 2.24) is 20.1 Å². The van der Waals surface area contributed by atoms with Crippen LogP contribution in [0.1, 0.15) is 25.3 Å². The van der Waals surface area contributed by atoms with Crippen molar-refractivity contribution in [2.24, 2.45) is 4.99 Å². The van der Waals surface area contributed by atoms with Crippen molar-refractivity contribution in [3.63, 3.8) is 0 Å². The summed E-state index contributed by atoms with van der Waals surface area (Å²) in [6.07, 6.45) is 4.04. The van der Waals surface area contributed by atoms with Crippen LogP contribution in [0.3, 0.4) is 0 Å². The summed E-state index contributed by atoms with van der Waals surface area (Å²) in [5, 5.41) is 3.47. The summed E-state index contributed by atoms with van der Waals surface area (Å²) < 4.78 is 11.0. The lowest BCUT2D eigenvalue weighted by atomic mass is 10.2. The van der Waals surface area contributed by atoms with E-state index in [1.807, 2.05) is 19.3 Å². The number of hydrogen-bond acceptors (Lipinski definition) is 5. The Morgan fingerprint density at radius 2 is 2.19 bits per heavy atom. The van der Waals surface area contributed by atoms with Gasteiger partial charge in [0.15, 0.2) is 5.96 Å². The van der Waals surface area contributed by atoms with Gasteiger partial charge in [0.2, 0.25) is 5.88 Å². The van der Waals surface area contributed by atoms with Crippen molar-refractivity contribution in [2.45, 2.75) is 32.4 Å². The third-order valence-electron chi connectivity index (χ3n) is 4.94. The molecule has 0 radical (unpaired) electrons. The van der Waals surface area contributed by atoms with Crippen molar-refractivity contribution in [3.8, 4) is 5.88 Å². The van der Waals surface area contributed by atoms with Gasteiger partial charge in [0, 0.05) is 58.1 Å². The molecule has 1 aromatic rings. The van der Waals surface area contributed by atoms with Crippen LogP contribution in [0, 0.1) is 0 Å². The fraction of sp³-hybridized carbons (Fsp3) is 0.684. The Morgan fingerprint density at radius 1 is 1.35 bits per heavy atom. The van der Waals surface area contributed by atoms with Gasteiger partial charge < -0.3 is 19.7 Å². The second-order valence-electron chi connectivity index (χ2n) is 6.79. The molecular weight excluding hydrogens is 330 g/mol. The van der Waals surface area contributed by atoms with Crippen LogP contribution >= 0.6 is 0 Å². The topological polar surface area (TPSA) is 62.2 Å². The van der Waals surface area contributed by atoms with Crippen LogP contribution in [-0.4, -0.2) is 79.8 Å². The summed E-state index contributed by atoms with van der Waals surface area (Å²) in [5.74, 6) is 1.65. The summed E-state index contributed by atoms with van der Waals surface area (Å²) in [5.41, 5.74) is 1.12. The Morgan fingerprint density at radius 3 is 2.88 bits per heavy atom. The average molecular weight is 361 g/mol. The van der Waals surface area contributed by atoms with Crippen molar-refractivity contribution < 1.29 is 9.47 Å². The fourth-order valence-electron chi connectivity index (χ4n) is 3.50. The van der Waals surface area contributed by atoms with Crippen molar-refractivity contribution >= 4 is 5.96 Å². The highest BCUT2D eigenvalue weighted by atomic mass is 16.5. The third kappa shape index (κ3) is 5.08. The summed E-state index contributed by atoms with van der Waals surface area (Å²) in [6.45, 7) is 9.38. The molecule has 1 atom stereocenters. The van der Waals surface area contributed by atoms with E-state index in [1.54, 1.807) is 0 Å². The largest absolute Gasteiger partial charge is 0.478 e. The number of rotatable bonds is 6. The van der Waals surface area contributed by atoms with Crippen molar-refractivity contribution in [1.29, 1.82) is 0 Å². The summed E-state index contributed by atoms with van der Waals surface area (Å²) in [6, 6.07) is 4.59. The van der Waals surface area contributed by atoms with Crippen molar-refractivity contribution in [2.75, 3.05) is 53.0 Å². The Kier molecular flexibility index (Phi) is 7.08. The highest BCUT2D eigenvalue weighted by molar-refractivity contribution is 5.80. The Hall–Kier alpha value is -1.86. The first-order valence-corrected chi connectivity index (χ1v) is 9.65. The minimum Gasteiger partial charge on any atom is -0.478 e. The van der Waals surface area contributed by atoms with E-state index in [2.05, 4.69) is 38.1 Å². The standard InChI is InChI=1S/C19H31N5O2/c1-3-10-26-18-5-4-16(13-21-18)14-22-19(20-2)24-7-6-17(15-24)23-8-11-25-12-9-23/h4-5,13,17H,3,6-12,14-15H2,1-2H3,(H,20,22). The zero-order valence-corrected chi connectivity index (χ0v) is 16.0. The smallest absolute Gasteiger partial charge is 0.213 e. The Bertz CT molecular complexity index is 572. The monoisotopic (exact) mass is 361 g/mol. The van der Waals surface area contributed by atoms with E-state index < -0.39 is 0 Å². The summed E-state index contributed by atoms with van der Waals surface area (Å²) in [4.78, 5) is 13.7. The van der Waals surface area contributed by atoms with Gasteiger partial charge in [-0.15, -0.1) is 0 Å². The van der Waals surface area contributed by atoms with Crippen LogP contribution in [0.5, 0.6) is 5.88 Å². The average Bonchev–Trinajstić information content (AvgIpc) is 3.18. The van der Waals surface area contributed by atoms with Gasteiger partial charge in [0.1, 0.15) is 0 Å². The van der Waals surface area contributed by atoms with Gasteiger partial charge in [-0.25, -0.2) is 4.98 Å². The molecule has 2 aliphatic heterocycles. The maximum Gasteiger partial charge on any atom is 0.213 e. The highest BCUT2D eigenvalue weighted by Gasteiger charge is 2.30. The Labute approximate surface area is 156 Å². The lowest BCUT2D eigenvalue weighted by Gasteiger charge is -2.32. The maximum atomic E-state index is 5.53. The minimum atomic E-state index is 0.606. The first-order valence-electron chi connectivity index (χ1n) is 9.65. The number of hydrogen-bond donors (Lipinski definition) is 1. The molecule has 0 saturated carbocycles. The van der Waals surface area contributed by atoms with E-state index in [0.29, 0.717) is 25.1 Å². The fourth-order valence-corrected chi connectivity index (χ4v) is 3.50. The molecule has 7 nitrogen and oxygen atoms in total. The molecule has 3 rings (SSSR count). The van der Waals surface area contributed by atoms with E-state index in [4.69, 9.17) is 9.47 Å². The number of guanidine groups is 1. The first kappa shape index (κ1) is 18.9. The van der Waals surface area contributed by atoms with Gasteiger partial charge >= 0.3 is 0 Å². The molecule has 0 bridgehead atoms. The lowest BCUT2D eigenvalue weighted by molar-refractivity contribution is 0.0195. The van der Waals surface area contributed by atoms with Crippen LogP contribution in [-0.2, 0) is 11.3 Å². The molecule has 1 unspecified atom stereocenters. The molecule has 144 valence electrons. The van der Waals surface area contributed by atoms with Gasteiger partial charge in [-0.05, 0) is 18.4 Å². The molecule has 7 heteroatoms. The number of likely N-dealkylation sites (tertiary alicyclic amines) is 1. The predicted molar refractivity (Wildman–Crippen MR) is 103 cm³/mol. The zero-order chi connectivity index (χ0) is 18.2. The molecule has 3 heterocycles. The quantitative estimate of drug-likeness (QED) is 0.610. The minimum absolute atomic E-state index is 0.606. The van der Waals surface area contributed by atoms with E-state index >= 15 is 0 Å². The molecule has 0 aromatic carbocycles. The Balaban J connectivity index is 1.47. The van der Waals surface area contributed by atoms with Crippen molar-refractivity contribution in [3.05, 3.63) is 23.9 Å². The number of aliphatic imine (C=N–C) groups is 1. The van der Waals surface area contributed by atoms with Crippen LogP contribution < -0.4 is 10.1 Å². The van der Waals surface area contributed by atoms with Gasteiger partial charge in [-0.1, -0.05) is 13.0 Å². The molecule has 0 spiro atoms. The number of nitrogens with one attached hydrogen (secondary N) is 1. The van der Waals surface area contributed by atoms with Gasteiger partial charge in [-0.3, -0.25) is 9.89 Å². The highest BCUT2D eigenvalue weighted by Crippen LogP contribution is 2.17. The van der Waals surface area contributed by atoms with Gasteiger partial charge in [0.25, 0.3) is 0 Å². The molecule has 2 saturated heterocycles. The molecule has 0 amide bonds. The maximum absolute atomic E-state index is 5.53. The van der Waals surface area contributed by atoms with E-state index in [0.717, 1.165) is 57.3 Å². The summed E-state index contributed by atoms with van der Waals surface area (Å²) >= 11 is 0. The second kappa shape index (κ2) is 9.73. The van der Waals surface area contributed by atoms with Gasteiger partial charge in [0.05, 0.1) is 19.8 Å². The number of aromatic nitrogens is 1. The van der Waals surface area contributed by atoms with Crippen LogP contribution in [0.25, 0.3) is 0 Å². The molecule has 0 aliphatic carbocycles.